The molecule has 1 N–H and O–H groups in total. The molecule has 0 bridgehead atoms. The number of hydrogen-bond acceptors (Lipinski definition) is 4. The van der Waals surface area contributed by atoms with Crippen LogP contribution in [0.2, 0.25) is 0 Å². The minimum atomic E-state index is -0.220. The van der Waals surface area contributed by atoms with Crippen LogP contribution in [0.25, 0.3) is 0 Å². The summed E-state index contributed by atoms with van der Waals surface area (Å²) in [5.74, 6) is 2.49. The fourth-order valence-electron chi connectivity index (χ4n) is 4.20. The summed E-state index contributed by atoms with van der Waals surface area (Å²) in [6, 6.07) is 13.9. The monoisotopic (exact) mass is 395 g/mol. The van der Waals surface area contributed by atoms with Gasteiger partial charge in [-0.1, -0.05) is 38.1 Å². The zero-order chi connectivity index (χ0) is 20.3. The van der Waals surface area contributed by atoms with Gasteiger partial charge in [-0.05, 0) is 43.0 Å². The van der Waals surface area contributed by atoms with E-state index in [0.29, 0.717) is 26.1 Å². The van der Waals surface area contributed by atoms with E-state index >= 15 is 0 Å². The van der Waals surface area contributed by atoms with E-state index in [4.69, 9.17) is 14.2 Å². The quantitative estimate of drug-likeness (QED) is 0.777. The molecule has 2 aromatic rings. The molecule has 0 saturated heterocycles. The molecule has 0 spiro atoms. The molecule has 0 saturated carbocycles. The predicted octanol–water partition coefficient (Wildman–Crippen LogP) is 4.59. The van der Waals surface area contributed by atoms with Crippen molar-refractivity contribution in [3.05, 3.63) is 53.6 Å². The van der Waals surface area contributed by atoms with E-state index in [1.165, 1.54) is 0 Å². The van der Waals surface area contributed by atoms with Crippen LogP contribution in [0.3, 0.4) is 0 Å². The van der Waals surface area contributed by atoms with Crippen molar-refractivity contribution in [1.82, 2.24) is 5.32 Å². The zero-order valence-corrected chi connectivity index (χ0v) is 17.2. The smallest absolute Gasteiger partial charge is 0.220 e. The van der Waals surface area contributed by atoms with Gasteiger partial charge in [0.15, 0.2) is 11.5 Å². The summed E-state index contributed by atoms with van der Waals surface area (Å²) in [6.45, 7) is 5.45. The van der Waals surface area contributed by atoms with E-state index in [0.717, 1.165) is 47.6 Å². The molecule has 2 aliphatic heterocycles. The van der Waals surface area contributed by atoms with Gasteiger partial charge in [-0.25, -0.2) is 0 Å². The summed E-state index contributed by atoms with van der Waals surface area (Å²) >= 11 is 0. The van der Waals surface area contributed by atoms with Crippen LogP contribution < -0.4 is 19.5 Å². The fourth-order valence-corrected chi connectivity index (χ4v) is 4.20. The Morgan fingerprint density at radius 3 is 2.59 bits per heavy atom. The molecule has 0 unspecified atom stereocenters. The lowest BCUT2D eigenvalue weighted by Gasteiger charge is -2.41. The maximum atomic E-state index is 12.8. The third-order valence-electron chi connectivity index (χ3n) is 6.07. The largest absolute Gasteiger partial charge is 0.487 e. The Morgan fingerprint density at radius 2 is 1.79 bits per heavy atom. The van der Waals surface area contributed by atoms with Crippen molar-refractivity contribution in [1.29, 1.82) is 0 Å². The Hall–Kier alpha value is -2.69. The van der Waals surface area contributed by atoms with Crippen molar-refractivity contribution < 1.29 is 19.0 Å². The lowest BCUT2D eigenvalue weighted by atomic mass is 9.83. The van der Waals surface area contributed by atoms with Crippen molar-refractivity contribution in [2.24, 2.45) is 0 Å². The van der Waals surface area contributed by atoms with Gasteiger partial charge >= 0.3 is 0 Å². The van der Waals surface area contributed by atoms with Crippen LogP contribution in [-0.4, -0.2) is 24.7 Å². The molecule has 5 nitrogen and oxygen atoms in total. The molecule has 1 atom stereocenters. The van der Waals surface area contributed by atoms with Crippen molar-refractivity contribution >= 4 is 5.91 Å². The van der Waals surface area contributed by atoms with E-state index in [1.807, 2.05) is 36.4 Å². The van der Waals surface area contributed by atoms with Crippen LogP contribution in [0, 0.1) is 0 Å². The van der Waals surface area contributed by atoms with E-state index in [9.17, 15) is 4.79 Å². The zero-order valence-electron chi connectivity index (χ0n) is 17.2. The Morgan fingerprint density at radius 1 is 1.03 bits per heavy atom. The van der Waals surface area contributed by atoms with Crippen LogP contribution in [0.5, 0.6) is 17.2 Å². The first-order valence-electron chi connectivity index (χ1n) is 10.6. The summed E-state index contributed by atoms with van der Waals surface area (Å²) < 4.78 is 17.5. The summed E-state index contributed by atoms with van der Waals surface area (Å²) in [6.07, 6.45) is 3.74. The molecule has 1 amide bonds. The topological polar surface area (TPSA) is 56.8 Å². The number of aryl methyl sites for hydroxylation is 1. The molecule has 0 radical (unpaired) electrons. The molecule has 29 heavy (non-hydrogen) atoms. The van der Waals surface area contributed by atoms with Crippen molar-refractivity contribution in [2.45, 2.75) is 57.6 Å². The second-order valence-electron chi connectivity index (χ2n) is 7.83. The number of nitrogens with one attached hydrogen (secondary N) is 1. The van der Waals surface area contributed by atoms with Gasteiger partial charge in [0.1, 0.15) is 24.6 Å². The highest BCUT2D eigenvalue weighted by Gasteiger charge is 2.38. The van der Waals surface area contributed by atoms with Crippen LogP contribution in [0.15, 0.2) is 42.5 Å². The molecule has 4 rings (SSSR count). The molecule has 2 aromatic carbocycles. The fraction of sp³-hybridized carbons (Fsp3) is 0.458. The van der Waals surface area contributed by atoms with E-state index in [2.05, 4.69) is 25.2 Å². The predicted molar refractivity (Wildman–Crippen MR) is 112 cm³/mol. The number of benzene rings is 2. The Balaban J connectivity index is 1.42. The van der Waals surface area contributed by atoms with Crippen LogP contribution >= 0.6 is 0 Å². The molecule has 0 aromatic heterocycles. The molecule has 2 heterocycles. The molecular weight excluding hydrogens is 366 g/mol. The number of hydrogen-bond donors (Lipinski definition) is 1. The van der Waals surface area contributed by atoms with E-state index in [1.54, 1.807) is 0 Å². The summed E-state index contributed by atoms with van der Waals surface area (Å²) in [4.78, 5) is 12.8. The number of carbonyl (C=O) groups excluding carboxylic acids is 1. The number of ether oxygens (including phenoxy) is 3. The Kier molecular flexibility index (Phi) is 5.65. The molecule has 0 aliphatic carbocycles. The van der Waals surface area contributed by atoms with Gasteiger partial charge in [0.25, 0.3) is 0 Å². The lowest BCUT2D eigenvalue weighted by Crippen LogP contribution is -2.44. The number of carbonyl (C=O) groups is 1. The number of amides is 1. The maximum absolute atomic E-state index is 12.8. The molecule has 0 fully saturated rings. The highest BCUT2D eigenvalue weighted by Crippen LogP contribution is 2.42. The highest BCUT2D eigenvalue weighted by molar-refractivity contribution is 5.77. The average Bonchev–Trinajstić information content (AvgIpc) is 2.77. The first-order chi connectivity index (χ1) is 14.1. The second-order valence-corrected chi connectivity index (χ2v) is 7.83. The Labute approximate surface area is 172 Å². The number of para-hydroxylation sites is 1. The molecule has 154 valence electrons. The number of rotatable bonds is 6. The molecule has 2 aliphatic rings. The van der Waals surface area contributed by atoms with Crippen molar-refractivity contribution in [3.8, 4) is 17.2 Å². The SMILES string of the molecule is CCC1(CC)C[C@@H](NC(=O)CCc2ccc3c(c2)OCCO3)c2ccccc2O1. The molecular formula is C24H29NO4. The van der Waals surface area contributed by atoms with Gasteiger partial charge in [-0.3, -0.25) is 4.79 Å². The van der Waals surface area contributed by atoms with E-state index < -0.39 is 0 Å². The normalized spacial score (nSPS) is 19.0. The first kappa shape index (κ1) is 19.6. The maximum Gasteiger partial charge on any atom is 0.220 e. The van der Waals surface area contributed by atoms with Crippen LogP contribution in [-0.2, 0) is 11.2 Å². The summed E-state index contributed by atoms with van der Waals surface area (Å²) in [5, 5.41) is 3.26. The van der Waals surface area contributed by atoms with Gasteiger partial charge in [0.2, 0.25) is 5.91 Å². The standard InChI is InChI=1S/C24H29NO4/c1-3-24(4-2)16-19(18-7-5-6-8-20(18)29-24)25-23(26)12-10-17-9-11-21-22(15-17)28-14-13-27-21/h5-9,11,15,19H,3-4,10,12-14,16H2,1-2H3,(H,25,26)/t19-/m1/s1. The van der Waals surface area contributed by atoms with Gasteiger partial charge < -0.3 is 19.5 Å². The summed E-state index contributed by atoms with van der Waals surface area (Å²) in [5.41, 5.74) is 1.92. The minimum absolute atomic E-state index is 0.0207. The third kappa shape index (κ3) is 4.19. The van der Waals surface area contributed by atoms with Crippen molar-refractivity contribution in [3.63, 3.8) is 0 Å². The first-order valence-corrected chi connectivity index (χ1v) is 10.6. The van der Waals surface area contributed by atoms with E-state index in [-0.39, 0.29) is 17.6 Å². The second kappa shape index (κ2) is 8.36. The Bertz CT molecular complexity index is 875. The van der Waals surface area contributed by atoms with Gasteiger partial charge in [-0.15, -0.1) is 0 Å². The third-order valence-corrected chi connectivity index (χ3v) is 6.07. The van der Waals surface area contributed by atoms with Crippen LogP contribution in [0.1, 0.15) is 56.7 Å². The van der Waals surface area contributed by atoms with Gasteiger partial charge in [0, 0.05) is 18.4 Å². The summed E-state index contributed by atoms with van der Waals surface area (Å²) in [7, 11) is 0. The van der Waals surface area contributed by atoms with Gasteiger partial charge in [-0.2, -0.15) is 0 Å². The van der Waals surface area contributed by atoms with Crippen molar-refractivity contribution in [2.75, 3.05) is 13.2 Å². The lowest BCUT2D eigenvalue weighted by molar-refractivity contribution is -0.122. The minimum Gasteiger partial charge on any atom is -0.487 e. The van der Waals surface area contributed by atoms with Crippen LogP contribution in [0.4, 0.5) is 0 Å². The highest BCUT2D eigenvalue weighted by atomic mass is 16.6. The number of fused-ring (bicyclic) bond motifs is 2. The average molecular weight is 395 g/mol. The van der Waals surface area contributed by atoms with Gasteiger partial charge in [0.05, 0.1) is 6.04 Å². The molecule has 5 heteroatoms.